The molecule has 0 spiro atoms. The fourth-order valence-electron chi connectivity index (χ4n) is 1.70. The van der Waals surface area contributed by atoms with Crippen LogP contribution < -0.4 is 10.0 Å². The van der Waals surface area contributed by atoms with E-state index in [4.69, 9.17) is 0 Å². The molecule has 2 N–H and O–H groups in total. The van der Waals surface area contributed by atoms with Crippen molar-refractivity contribution >= 4 is 21.5 Å². The predicted octanol–water partition coefficient (Wildman–Crippen LogP) is 1.58. The van der Waals surface area contributed by atoms with Crippen molar-refractivity contribution in [3.05, 3.63) is 21.9 Å². The summed E-state index contributed by atoms with van der Waals surface area (Å²) in [4.78, 5) is 2.32. The van der Waals surface area contributed by atoms with Crippen LogP contribution in [0.25, 0.3) is 0 Å². The molecule has 0 aliphatic rings. The van der Waals surface area contributed by atoms with Gasteiger partial charge in [-0.05, 0) is 38.1 Å². The van der Waals surface area contributed by atoms with Crippen LogP contribution in [0.1, 0.15) is 30.0 Å². The third-order valence-corrected chi connectivity index (χ3v) is 5.72. The van der Waals surface area contributed by atoms with Crippen LogP contribution in [-0.2, 0) is 23.2 Å². The molecule has 1 aromatic heterocycles. The minimum atomic E-state index is -3.38. The van der Waals surface area contributed by atoms with E-state index in [1.54, 1.807) is 18.4 Å². The summed E-state index contributed by atoms with van der Waals surface area (Å²) in [5, 5.41) is 3.18. The highest BCUT2D eigenvalue weighted by molar-refractivity contribution is 7.87. The van der Waals surface area contributed by atoms with Gasteiger partial charge in [0.15, 0.2) is 0 Å². The van der Waals surface area contributed by atoms with Crippen LogP contribution in [0.15, 0.2) is 12.1 Å². The number of hydrogen-bond donors (Lipinski definition) is 2. The van der Waals surface area contributed by atoms with Gasteiger partial charge in [-0.25, -0.2) is 0 Å². The van der Waals surface area contributed by atoms with Crippen molar-refractivity contribution in [1.29, 1.82) is 0 Å². The van der Waals surface area contributed by atoms with E-state index in [9.17, 15) is 8.42 Å². The Balaban J connectivity index is 2.39. The fraction of sp³-hybridized carbons (Fsp3) is 0.692. The second kappa shape index (κ2) is 8.74. The molecule has 5 nitrogen and oxygen atoms in total. The molecule has 0 aliphatic heterocycles. The maximum Gasteiger partial charge on any atom is 0.279 e. The van der Waals surface area contributed by atoms with E-state index >= 15 is 0 Å². The van der Waals surface area contributed by atoms with Gasteiger partial charge >= 0.3 is 0 Å². The second-order valence-corrected chi connectivity index (χ2v) is 7.69. The lowest BCUT2D eigenvalue weighted by Gasteiger charge is -2.17. The quantitative estimate of drug-likeness (QED) is 0.644. The van der Waals surface area contributed by atoms with Crippen LogP contribution >= 0.6 is 11.3 Å². The fourth-order valence-corrected chi connectivity index (χ4v) is 3.62. The van der Waals surface area contributed by atoms with E-state index in [2.05, 4.69) is 23.0 Å². The molecular formula is C13H25N3O2S2. The van der Waals surface area contributed by atoms with Gasteiger partial charge in [-0.1, -0.05) is 13.8 Å². The molecule has 116 valence electrons. The molecule has 20 heavy (non-hydrogen) atoms. The average molecular weight is 319 g/mol. The number of hydrogen-bond acceptors (Lipinski definition) is 4. The summed E-state index contributed by atoms with van der Waals surface area (Å²) in [7, 11) is -1.77. The molecule has 7 heteroatoms. The molecule has 0 unspecified atom stereocenters. The lowest BCUT2D eigenvalue weighted by molar-refractivity contribution is 0.445. The van der Waals surface area contributed by atoms with E-state index in [1.807, 2.05) is 13.0 Å². The van der Waals surface area contributed by atoms with Gasteiger partial charge in [0, 0.05) is 29.9 Å². The van der Waals surface area contributed by atoms with Crippen molar-refractivity contribution in [1.82, 2.24) is 14.3 Å². The summed E-state index contributed by atoms with van der Waals surface area (Å²) < 4.78 is 28.1. The molecule has 0 saturated heterocycles. The van der Waals surface area contributed by atoms with Crippen LogP contribution in [0.2, 0.25) is 0 Å². The highest BCUT2D eigenvalue weighted by Gasteiger charge is 2.16. The second-order valence-electron chi connectivity index (χ2n) is 4.58. The molecule has 0 fully saturated rings. The zero-order valence-corrected chi connectivity index (χ0v) is 14.1. The number of aryl methyl sites for hydroxylation is 1. The Morgan fingerprint density at radius 1 is 1.25 bits per heavy atom. The van der Waals surface area contributed by atoms with Gasteiger partial charge < -0.3 is 5.32 Å². The molecule has 0 atom stereocenters. The van der Waals surface area contributed by atoms with Crippen molar-refractivity contribution in [2.24, 2.45) is 0 Å². The van der Waals surface area contributed by atoms with E-state index in [-0.39, 0.29) is 0 Å². The molecule has 1 heterocycles. The first-order chi connectivity index (χ1) is 9.49. The third kappa shape index (κ3) is 5.88. The molecule has 1 rings (SSSR count). The van der Waals surface area contributed by atoms with Crippen molar-refractivity contribution in [2.45, 2.75) is 33.2 Å². The molecule has 0 saturated carbocycles. The molecule has 0 amide bonds. The number of rotatable bonds is 10. The van der Waals surface area contributed by atoms with Crippen molar-refractivity contribution in [2.75, 3.05) is 26.7 Å². The summed E-state index contributed by atoms with van der Waals surface area (Å²) in [6.07, 6.45) is 1.80. The molecule has 0 radical (unpaired) electrons. The van der Waals surface area contributed by atoms with E-state index in [1.165, 1.54) is 9.18 Å². The number of nitrogens with zero attached hydrogens (tertiary/aromatic N) is 1. The first kappa shape index (κ1) is 17.6. The zero-order valence-electron chi connectivity index (χ0n) is 12.5. The van der Waals surface area contributed by atoms with Crippen LogP contribution in [0.3, 0.4) is 0 Å². The molecule has 0 aliphatic carbocycles. The molecule has 0 bridgehead atoms. The van der Waals surface area contributed by atoms with E-state index < -0.39 is 10.2 Å². The van der Waals surface area contributed by atoms with Gasteiger partial charge in [0.25, 0.3) is 10.2 Å². The van der Waals surface area contributed by atoms with Gasteiger partial charge in [-0.2, -0.15) is 17.4 Å². The monoisotopic (exact) mass is 319 g/mol. The van der Waals surface area contributed by atoms with Crippen LogP contribution in [0.5, 0.6) is 0 Å². The third-order valence-electron chi connectivity index (χ3n) is 2.98. The first-order valence-electron chi connectivity index (χ1n) is 6.98. The highest BCUT2D eigenvalue weighted by Crippen LogP contribution is 2.16. The Hall–Kier alpha value is -0.470. The minimum absolute atomic E-state index is 0.366. The van der Waals surface area contributed by atoms with Gasteiger partial charge in [-0.3, -0.25) is 0 Å². The average Bonchev–Trinajstić information content (AvgIpc) is 2.89. The van der Waals surface area contributed by atoms with Crippen LogP contribution in [0, 0.1) is 0 Å². The van der Waals surface area contributed by atoms with Gasteiger partial charge in [0.1, 0.15) is 0 Å². The SMILES string of the molecule is CCNCCCN(C)S(=O)(=O)NCc1ccc(CC)s1. The molecule has 0 aromatic carbocycles. The maximum atomic E-state index is 12.0. The Labute approximate surface area is 126 Å². The standard InChI is InChI=1S/C13H25N3O2S2/c1-4-12-7-8-13(19-12)11-15-20(17,18)16(3)10-6-9-14-5-2/h7-8,14-15H,4-6,9-11H2,1-3H3. The van der Waals surface area contributed by atoms with Crippen molar-refractivity contribution in [3.8, 4) is 0 Å². The normalized spacial score (nSPS) is 12.2. The Morgan fingerprint density at radius 2 is 1.95 bits per heavy atom. The summed E-state index contributed by atoms with van der Waals surface area (Å²) >= 11 is 1.65. The highest BCUT2D eigenvalue weighted by atomic mass is 32.2. The smallest absolute Gasteiger partial charge is 0.279 e. The first-order valence-corrected chi connectivity index (χ1v) is 9.24. The number of thiophene rings is 1. The largest absolute Gasteiger partial charge is 0.317 e. The molecule has 1 aromatic rings. The summed E-state index contributed by atoms with van der Waals surface area (Å²) in [6.45, 7) is 6.76. The number of nitrogens with one attached hydrogen (secondary N) is 2. The van der Waals surface area contributed by atoms with Crippen molar-refractivity contribution < 1.29 is 8.42 Å². The van der Waals surface area contributed by atoms with Crippen LogP contribution in [0.4, 0.5) is 0 Å². The maximum absolute atomic E-state index is 12.0. The topological polar surface area (TPSA) is 61.4 Å². The summed E-state index contributed by atoms with van der Waals surface area (Å²) in [6, 6.07) is 4.03. The van der Waals surface area contributed by atoms with E-state index in [0.717, 1.165) is 30.8 Å². The Kier molecular flexibility index (Phi) is 7.68. The van der Waals surface area contributed by atoms with Crippen molar-refractivity contribution in [3.63, 3.8) is 0 Å². The Morgan fingerprint density at radius 3 is 2.55 bits per heavy atom. The lowest BCUT2D eigenvalue weighted by atomic mass is 10.4. The van der Waals surface area contributed by atoms with Gasteiger partial charge in [-0.15, -0.1) is 11.3 Å². The van der Waals surface area contributed by atoms with E-state index in [0.29, 0.717) is 13.1 Å². The van der Waals surface area contributed by atoms with Gasteiger partial charge in [0.05, 0.1) is 0 Å². The summed E-state index contributed by atoms with van der Waals surface area (Å²) in [5.74, 6) is 0. The van der Waals surface area contributed by atoms with Gasteiger partial charge in [0.2, 0.25) is 0 Å². The minimum Gasteiger partial charge on any atom is -0.317 e. The molecular weight excluding hydrogens is 294 g/mol. The van der Waals surface area contributed by atoms with Crippen LogP contribution in [-0.4, -0.2) is 39.4 Å². The predicted molar refractivity (Wildman–Crippen MR) is 85.2 cm³/mol. The Bertz CT molecular complexity index is 486. The lowest BCUT2D eigenvalue weighted by Crippen LogP contribution is -2.38. The summed E-state index contributed by atoms with van der Waals surface area (Å²) in [5.41, 5.74) is 0. The zero-order chi connectivity index (χ0) is 15.0.